The molecule has 1 saturated heterocycles. The monoisotopic (exact) mass is 287 g/mol. The molecule has 1 fully saturated rings. The van der Waals surface area contributed by atoms with Crippen LogP contribution in [0.2, 0.25) is 0 Å². The molecule has 0 spiro atoms. The molecule has 0 saturated carbocycles. The van der Waals surface area contributed by atoms with E-state index in [2.05, 4.69) is 15.5 Å². The van der Waals surface area contributed by atoms with E-state index in [1.807, 2.05) is 12.1 Å². The smallest absolute Gasteiger partial charge is 0.226 e. The van der Waals surface area contributed by atoms with E-state index < -0.39 is 0 Å². The van der Waals surface area contributed by atoms with Crippen LogP contribution in [-0.2, 0) is 12.8 Å². The Labute approximate surface area is 124 Å². The third-order valence-electron chi connectivity index (χ3n) is 4.03. The molecule has 0 atom stereocenters. The number of hydrogen-bond acceptors (Lipinski definition) is 5. The maximum Gasteiger partial charge on any atom is 0.226 e. The molecule has 1 aliphatic rings. The molecule has 1 aromatic heterocycles. The van der Waals surface area contributed by atoms with Gasteiger partial charge in [0.15, 0.2) is 5.82 Å². The van der Waals surface area contributed by atoms with Gasteiger partial charge in [-0.2, -0.15) is 4.98 Å². The van der Waals surface area contributed by atoms with Gasteiger partial charge < -0.3 is 14.9 Å². The lowest BCUT2D eigenvalue weighted by molar-refractivity contribution is 0.323. The molecule has 0 amide bonds. The van der Waals surface area contributed by atoms with Crippen LogP contribution >= 0.6 is 0 Å². The minimum absolute atomic E-state index is 0.273. The predicted octanol–water partition coefficient (Wildman–Crippen LogP) is 2.30. The summed E-state index contributed by atoms with van der Waals surface area (Å²) in [5.41, 5.74) is 1.07. The Morgan fingerprint density at radius 2 is 1.95 bits per heavy atom. The Hall–Kier alpha value is -1.88. The Kier molecular flexibility index (Phi) is 4.50. The third-order valence-corrected chi connectivity index (χ3v) is 4.03. The average molecular weight is 287 g/mol. The van der Waals surface area contributed by atoms with E-state index in [9.17, 15) is 5.11 Å². The molecular formula is C16H21N3O2. The lowest BCUT2D eigenvalue weighted by Crippen LogP contribution is -2.27. The normalized spacial score (nSPS) is 16.2. The first-order valence-electron chi connectivity index (χ1n) is 7.60. The van der Waals surface area contributed by atoms with Gasteiger partial charge in [0, 0.05) is 12.8 Å². The number of rotatable bonds is 5. The summed E-state index contributed by atoms with van der Waals surface area (Å²) >= 11 is 0. The fourth-order valence-electron chi connectivity index (χ4n) is 2.76. The Balaban J connectivity index is 1.52. The fourth-order valence-corrected chi connectivity index (χ4v) is 2.76. The van der Waals surface area contributed by atoms with Gasteiger partial charge in [0.2, 0.25) is 5.89 Å². The van der Waals surface area contributed by atoms with Crippen LogP contribution in [0.1, 0.15) is 36.5 Å². The number of piperidine rings is 1. The highest BCUT2D eigenvalue weighted by Gasteiger charge is 2.15. The first kappa shape index (κ1) is 14.1. The summed E-state index contributed by atoms with van der Waals surface area (Å²) in [6.07, 6.45) is 5.12. The lowest BCUT2D eigenvalue weighted by Gasteiger charge is -2.21. The second kappa shape index (κ2) is 6.72. The molecule has 1 aromatic carbocycles. The Morgan fingerprint density at radius 3 is 2.71 bits per heavy atom. The summed E-state index contributed by atoms with van der Waals surface area (Å²) in [6, 6.07) is 7.10. The van der Waals surface area contributed by atoms with Crippen LogP contribution in [0.3, 0.4) is 0 Å². The second-order valence-corrected chi connectivity index (χ2v) is 5.68. The molecule has 21 heavy (non-hydrogen) atoms. The van der Waals surface area contributed by atoms with Gasteiger partial charge in [0.1, 0.15) is 5.75 Å². The van der Waals surface area contributed by atoms with Gasteiger partial charge in [0.25, 0.3) is 0 Å². The molecule has 2 heterocycles. The number of nitrogens with one attached hydrogen (secondary N) is 1. The number of nitrogens with zero attached hydrogens (tertiary/aromatic N) is 2. The van der Waals surface area contributed by atoms with E-state index in [4.69, 9.17) is 4.52 Å². The van der Waals surface area contributed by atoms with Crippen LogP contribution < -0.4 is 5.32 Å². The van der Waals surface area contributed by atoms with Gasteiger partial charge in [0.05, 0.1) is 0 Å². The zero-order chi connectivity index (χ0) is 14.5. The SMILES string of the molecule is Oc1ccc(Cc2noc(CCC3CCNCC3)n2)cc1. The highest BCUT2D eigenvalue weighted by atomic mass is 16.5. The van der Waals surface area contributed by atoms with E-state index in [-0.39, 0.29) is 5.75 Å². The van der Waals surface area contributed by atoms with Crippen molar-refractivity contribution in [3.63, 3.8) is 0 Å². The van der Waals surface area contributed by atoms with Gasteiger partial charge in [-0.15, -0.1) is 0 Å². The van der Waals surface area contributed by atoms with Crippen LogP contribution in [0.4, 0.5) is 0 Å². The largest absolute Gasteiger partial charge is 0.508 e. The van der Waals surface area contributed by atoms with Crippen molar-refractivity contribution in [1.29, 1.82) is 0 Å². The van der Waals surface area contributed by atoms with Gasteiger partial charge >= 0.3 is 0 Å². The number of phenols is 1. The van der Waals surface area contributed by atoms with Gasteiger partial charge in [-0.25, -0.2) is 0 Å². The van der Waals surface area contributed by atoms with Crippen molar-refractivity contribution < 1.29 is 9.63 Å². The predicted molar refractivity (Wildman–Crippen MR) is 79.1 cm³/mol. The van der Waals surface area contributed by atoms with Crippen molar-refractivity contribution in [2.24, 2.45) is 5.92 Å². The second-order valence-electron chi connectivity index (χ2n) is 5.68. The number of phenolic OH excluding ortho intramolecular Hbond substituents is 1. The van der Waals surface area contributed by atoms with E-state index in [1.54, 1.807) is 12.1 Å². The maximum absolute atomic E-state index is 9.27. The zero-order valence-corrected chi connectivity index (χ0v) is 12.1. The molecular weight excluding hydrogens is 266 g/mol. The van der Waals surface area contributed by atoms with Crippen LogP contribution in [-0.4, -0.2) is 28.3 Å². The van der Waals surface area contributed by atoms with Gasteiger partial charge in [-0.3, -0.25) is 0 Å². The van der Waals surface area contributed by atoms with Crippen molar-refractivity contribution in [1.82, 2.24) is 15.5 Å². The summed E-state index contributed by atoms with van der Waals surface area (Å²) in [7, 11) is 0. The Morgan fingerprint density at radius 1 is 1.19 bits per heavy atom. The first-order chi connectivity index (χ1) is 10.3. The van der Waals surface area contributed by atoms with Crippen LogP contribution in [0.5, 0.6) is 5.75 Å². The Bertz CT molecular complexity index is 559. The molecule has 3 rings (SSSR count). The standard InChI is InChI=1S/C16H21N3O2/c20-14-4-1-13(2-5-14)11-15-18-16(21-19-15)6-3-12-7-9-17-10-8-12/h1-2,4-5,12,17,20H,3,6-11H2. The molecule has 0 bridgehead atoms. The van der Waals surface area contributed by atoms with Crippen molar-refractivity contribution in [2.75, 3.05) is 13.1 Å². The summed E-state index contributed by atoms with van der Waals surface area (Å²) in [6.45, 7) is 2.25. The minimum atomic E-state index is 0.273. The van der Waals surface area contributed by atoms with Crippen LogP contribution in [0.15, 0.2) is 28.8 Å². The summed E-state index contributed by atoms with van der Waals surface area (Å²) in [5.74, 6) is 2.50. The number of hydrogen-bond donors (Lipinski definition) is 2. The summed E-state index contributed by atoms with van der Waals surface area (Å²) < 4.78 is 5.33. The highest BCUT2D eigenvalue weighted by Crippen LogP contribution is 2.18. The van der Waals surface area contributed by atoms with Crippen molar-refractivity contribution >= 4 is 0 Å². The molecule has 0 unspecified atom stereocenters. The van der Waals surface area contributed by atoms with E-state index >= 15 is 0 Å². The third kappa shape index (κ3) is 4.04. The van der Waals surface area contributed by atoms with Crippen molar-refractivity contribution in [3.05, 3.63) is 41.5 Å². The van der Waals surface area contributed by atoms with E-state index in [0.29, 0.717) is 12.2 Å². The summed E-state index contributed by atoms with van der Waals surface area (Å²) in [5, 5.41) is 16.7. The zero-order valence-electron chi connectivity index (χ0n) is 12.1. The quantitative estimate of drug-likeness (QED) is 0.883. The average Bonchev–Trinajstić information content (AvgIpc) is 2.96. The first-order valence-corrected chi connectivity index (χ1v) is 7.60. The molecule has 2 aromatic rings. The van der Waals surface area contributed by atoms with Crippen molar-refractivity contribution in [2.45, 2.75) is 32.1 Å². The minimum Gasteiger partial charge on any atom is -0.508 e. The van der Waals surface area contributed by atoms with Crippen molar-refractivity contribution in [3.8, 4) is 5.75 Å². The van der Waals surface area contributed by atoms with E-state index in [0.717, 1.165) is 43.3 Å². The molecule has 0 aliphatic carbocycles. The van der Waals surface area contributed by atoms with Gasteiger partial charge in [-0.05, 0) is 56.0 Å². The number of aromatic hydroxyl groups is 1. The number of benzene rings is 1. The molecule has 1 aliphatic heterocycles. The van der Waals surface area contributed by atoms with Gasteiger partial charge in [-0.1, -0.05) is 17.3 Å². The molecule has 2 N–H and O–H groups in total. The fraction of sp³-hybridized carbons (Fsp3) is 0.500. The highest BCUT2D eigenvalue weighted by molar-refractivity contribution is 5.27. The van der Waals surface area contributed by atoms with Crippen LogP contribution in [0.25, 0.3) is 0 Å². The molecule has 112 valence electrons. The molecule has 5 nitrogen and oxygen atoms in total. The maximum atomic E-state index is 9.27. The summed E-state index contributed by atoms with van der Waals surface area (Å²) in [4.78, 5) is 4.46. The molecule has 0 radical (unpaired) electrons. The number of aromatic nitrogens is 2. The lowest BCUT2D eigenvalue weighted by atomic mass is 9.93. The molecule has 5 heteroatoms. The topological polar surface area (TPSA) is 71.2 Å². The van der Waals surface area contributed by atoms with Crippen LogP contribution in [0, 0.1) is 5.92 Å². The number of aryl methyl sites for hydroxylation is 1. The van der Waals surface area contributed by atoms with E-state index in [1.165, 1.54) is 12.8 Å².